The normalized spacial score (nSPS) is 10.6. The molecule has 0 radical (unpaired) electrons. The molecule has 4 heteroatoms. The molecule has 0 saturated heterocycles. The fourth-order valence-corrected chi connectivity index (χ4v) is 2.56. The number of nitrogens with two attached hydrogens (primary N) is 1. The number of amidine groups is 1. The van der Waals surface area contributed by atoms with Crippen LogP contribution in [0, 0.1) is 11.3 Å². The molecule has 0 amide bonds. The van der Waals surface area contributed by atoms with Crippen molar-refractivity contribution >= 4 is 23.3 Å². The topological polar surface area (TPSA) is 53.1 Å². The molecule has 0 aliphatic rings. The second-order valence-electron chi connectivity index (χ2n) is 4.54. The van der Waals surface area contributed by atoms with Crippen molar-refractivity contribution in [2.24, 2.45) is 11.7 Å². The van der Waals surface area contributed by atoms with Crippen molar-refractivity contribution in [3.8, 4) is 0 Å². The van der Waals surface area contributed by atoms with E-state index in [1.807, 2.05) is 31.5 Å². The van der Waals surface area contributed by atoms with Crippen molar-refractivity contribution in [2.75, 3.05) is 24.7 Å². The summed E-state index contributed by atoms with van der Waals surface area (Å²) in [4.78, 5) is 3.23. The quantitative estimate of drug-likeness (QED) is 0.480. The Bertz CT molecular complexity index is 402. The van der Waals surface area contributed by atoms with E-state index in [0.717, 1.165) is 22.7 Å². The predicted octanol–water partition coefficient (Wildman–Crippen LogP) is 2.78. The maximum absolute atomic E-state index is 7.73. The third kappa shape index (κ3) is 3.40. The predicted molar refractivity (Wildman–Crippen MR) is 77.3 cm³/mol. The lowest BCUT2D eigenvalue weighted by Crippen LogP contribution is -2.26. The van der Waals surface area contributed by atoms with E-state index in [4.69, 9.17) is 11.1 Å². The molecular weight excluding hydrogens is 230 g/mol. The third-order valence-electron chi connectivity index (χ3n) is 2.54. The van der Waals surface area contributed by atoms with Crippen molar-refractivity contribution in [1.82, 2.24) is 0 Å². The highest BCUT2D eigenvalue weighted by atomic mass is 32.2. The number of hydrogen-bond donors (Lipinski definition) is 2. The summed E-state index contributed by atoms with van der Waals surface area (Å²) in [6.45, 7) is 5.32. The average molecular weight is 251 g/mol. The van der Waals surface area contributed by atoms with Gasteiger partial charge in [-0.15, -0.1) is 11.8 Å². The van der Waals surface area contributed by atoms with Crippen molar-refractivity contribution in [3.63, 3.8) is 0 Å². The summed E-state index contributed by atoms with van der Waals surface area (Å²) < 4.78 is 0. The highest BCUT2D eigenvalue weighted by molar-refractivity contribution is 7.98. The van der Waals surface area contributed by atoms with Crippen LogP contribution in [0.4, 0.5) is 5.69 Å². The largest absolute Gasteiger partial charge is 0.384 e. The first-order valence-corrected chi connectivity index (χ1v) is 6.92. The molecule has 0 fully saturated rings. The Morgan fingerprint density at radius 1 is 1.47 bits per heavy atom. The Morgan fingerprint density at radius 2 is 2.12 bits per heavy atom. The molecule has 0 atom stereocenters. The molecular formula is C13H21N3S. The Balaban J connectivity index is 3.18. The maximum atomic E-state index is 7.73. The van der Waals surface area contributed by atoms with Crippen LogP contribution in [0.3, 0.4) is 0 Å². The molecule has 3 N–H and O–H groups in total. The molecule has 0 unspecified atom stereocenters. The maximum Gasteiger partial charge on any atom is 0.126 e. The van der Waals surface area contributed by atoms with E-state index in [1.165, 1.54) is 0 Å². The number of thioether (sulfide) groups is 1. The monoisotopic (exact) mass is 251 g/mol. The van der Waals surface area contributed by atoms with Crippen LogP contribution in [-0.4, -0.2) is 25.7 Å². The second-order valence-corrected chi connectivity index (χ2v) is 5.39. The summed E-state index contributed by atoms with van der Waals surface area (Å²) in [5, 5.41) is 7.73. The van der Waals surface area contributed by atoms with E-state index in [9.17, 15) is 0 Å². The van der Waals surface area contributed by atoms with Gasteiger partial charge in [0.2, 0.25) is 0 Å². The van der Waals surface area contributed by atoms with E-state index in [2.05, 4.69) is 18.7 Å². The SMILES string of the molecule is CSc1cccc(N(C)CC(C)C)c1C(=N)N. The lowest BCUT2D eigenvalue weighted by atomic mass is 10.1. The van der Waals surface area contributed by atoms with E-state index < -0.39 is 0 Å². The summed E-state index contributed by atoms with van der Waals surface area (Å²) in [7, 11) is 2.05. The average Bonchev–Trinajstić information content (AvgIpc) is 2.26. The molecule has 0 aliphatic carbocycles. The van der Waals surface area contributed by atoms with Crippen LogP contribution < -0.4 is 10.6 Å². The number of anilines is 1. The van der Waals surface area contributed by atoms with Gasteiger partial charge in [-0.2, -0.15) is 0 Å². The number of rotatable bonds is 5. The van der Waals surface area contributed by atoms with Gasteiger partial charge in [-0.05, 0) is 24.3 Å². The number of nitrogens with one attached hydrogen (secondary N) is 1. The second kappa shape index (κ2) is 5.96. The van der Waals surface area contributed by atoms with Gasteiger partial charge in [0, 0.05) is 24.2 Å². The molecule has 17 heavy (non-hydrogen) atoms. The number of nitrogen functional groups attached to an aromatic ring is 1. The molecule has 0 aromatic heterocycles. The van der Waals surface area contributed by atoms with Crippen LogP contribution in [-0.2, 0) is 0 Å². The van der Waals surface area contributed by atoms with Gasteiger partial charge in [0.15, 0.2) is 0 Å². The molecule has 0 spiro atoms. The highest BCUT2D eigenvalue weighted by Crippen LogP contribution is 2.29. The fraction of sp³-hybridized carbons (Fsp3) is 0.462. The number of hydrogen-bond acceptors (Lipinski definition) is 3. The van der Waals surface area contributed by atoms with Crippen molar-refractivity contribution in [2.45, 2.75) is 18.7 Å². The van der Waals surface area contributed by atoms with E-state index in [0.29, 0.717) is 5.92 Å². The Morgan fingerprint density at radius 3 is 2.59 bits per heavy atom. The minimum absolute atomic E-state index is 0.139. The minimum Gasteiger partial charge on any atom is -0.384 e. The third-order valence-corrected chi connectivity index (χ3v) is 3.32. The van der Waals surface area contributed by atoms with Gasteiger partial charge >= 0.3 is 0 Å². The molecule has 0 heterocycles. The first-order valence-electron chi connectivity index (χ1n) is 5.70. The standard InChI is InChI=1S/C13H21N3S/c1-9(2)8-16(3)10-6-5-7-11(17-4)12(10)13(14)15/h5-7,9H,8H2,1-4H3,(H3,14,15). The van der Waals surface area contributed by atoms with Crippen molar-refractivity contribution < 1.29 is 0 Å². The zero-order chi connectivity index (χ0) is 13.0. The van der Waals surface area contributed by atoms with Crippen LogP contribution in [0.1, 0.15) is 19.4 Å². The summed E-state index contributed by atoms with van der Waals surface area (Å²) in [6, 6.07) is 6.05. The Labute approximate surface area is 108 Å². The number of nitrogens with zero attached hydrogens (tertiary/aromatic N) is 1. The van der Waals surface area contributed by atoms with Gasteiger partial charge in [0.05, 0.1) is 5.56 Å². The van der Waals surface area contributed by atoms with Crippen LogP contribution in [0.25, 0.3) is 0 Å². The van der Waals surface area contributed by atoms with E-state index in [-0.39, 0.29) is 5.84 Å². The molecule has 94 valence electrons. The first kappa shape index (κ1) is 13.9. The molecule has 3 nitrogen and oxygen atoms in total. The molecule has 1 rings (SSSR count). The Kier molecular flexibility index (Phi) is 4.87. The highest BCUT2D eigenvalue weighted by Gasteiger charge is 2.14. The molecule has 0 aliphatic heterocycles. The smallest absolute Gasteiger partial charge is 0.126 e. The molecule has 0 saturated carbocycles. The molecule has 1 aromatic rings. The van der Waals surface area contributed by atoms with Gasteiger partial charge in [0.1, 0.15) is 5.84 Å². The minimum atomic E-state index is 0.139. The van der Waals surface area contributed by atoms with Gasteiger partial charge in [-0.25, -0.2) is 0 Å². The lowest BCUT2D eigenvalue weighted by Gasteiger charge is -2.25. The fourth-order valence-electron chi connectivity index (χ4n) is 1.92. The van der Waals surface area contributed by atoms with Crippen LogP contribution in [0.15, 0.2) is 23.1 Å². The summed E-state index contributed by atoms with van der Waals surface area (Å²) in [5.41, 5.74) is 7.59. The van der Waals surface area contributed by atoms with Gasteiger partial charge in [-0.1, -0.05) is 19.9 Å². The summed E-state index contributed by atoms with van der Waals surface area (Å²) >= 11 is 1.63. The van der Waals surface area contributed by atoms with Gasteiger partial charge < -0.3 is 10.6 Å². The van der Waals surface area contributed by atoms with Crippen LogP contribution in [0.5, 0.6) is 0 Å². The van der Waals surface area contributed by atoms with Gasteiger partial charge in [-0.3, -0.25) is 5.41 Å². The zero-order valence-corrected chi connectivity index (χ0v) is 11.8. The molecule has 0 bridgehead atoms. The van der Waals surface area contributed by atoms with Crippen LogP contribution >= 0.6 is 11.8 Å². The van der Waals surface area contributed by atoms with Crippen molar-refractivity contribution in [1.29, 1.82) is 5.41 Å². The zero-order valence-electron chi connectivity index (χ0n) is 10.9. The van der Waals surface area contributed by atoms with Crippen LogP contribution in [0.2, 0.25) is 0 Å². The van der Waals surface area contributed by atoms with Crippen molar-refractivity contribution in [3.05, 3.63) is 23.8 Å². The summed E-state index contributed by atoms with van der Waals surface area (Å²) in [5.74, 6) is 0.721. The molecule has 1 aromatic carbocycles. The summed E-state index contributed by atoms with van der Waals surface area (Å²) in [6.07, 6.45) is 2.01. The number of benzene rings is 1. The first-order chi connectivity index (χ1) is 7.97. The lowest BCUT2D eigenvalue weighted by molar-refractivity contribution is 0.638. The van der Waals surface area contributed by atoms with E-state index >= 15 is 0 Å². The van der Waals surface area contributed by atoms with E-state index in [1.54, 1.807) is 11.8 Å². The van der Waals surface area contributed by atoms with Gasteiger partial charge in [0.25, 0.3) is 0 Å². The Hall–Kier alpha value is -1.16.